The smallest absolute Gasteiger partial charge is 0.335 e. The second kappa shape index (κ2) is 7.88. The van der Waals surface area contributed by atoms with Crippen molar-refractivity contribution >= 4 is 44.1 Å². The molecule has 11 heteroatoms. The van der Waals surface area contributed by atoms with E-state index in [1.807, 2.05) is 6.07 Å². The first-order chi connectivity index (χ1) is 17.0. The number of carbonyl (C=O) groups is 2. The van der Waals surface area contributed by atoms with Crippen LogP contribution in [0.5, 0.6) is 0 Å². The third kappa shape index (κ3) is 3.28. The molecule has 0 saturated carbocycles. The Labute approximate surface area is 203 Å². The lowest BCUT2D eigenvalue weighted by Crippen LogP contribution is -2.24. The van der Waals surface area contributed by atoms with Crippen LogP contribution in [0.3, 0.4) is 0 Å². The Kier molecular flexibility index (Phi) is 5.03. The van der Waals surface area contributed by atoms with Crippen molar-refractivity contribution in [1.29, 1.82) is 5.26 Å². The number of aromatic nitrogens is 1. The summed E-state index contributed by atoms with van der Waals surface area (Å²) in [5, 5.41) is 22.2. The van der Waals surface area contributed by atoms with Gasteiger partial charge in [0.05, 0.1) is 28.0 Å². The molecule has 3 aromatic carbocycles. The number of carboxylic acid groups (broad SMARTS) is 1. The Morgan fingerprint density at radius 2 is 1.67 bits per heavy atom. The predicted molar refractivity (Wildman–Crippen MR) is 129 cm³/mol. The summed E-state index contributed by atoms with van der Waals surface area (Å²) in [5.74, 6) is -1.82. The van der Waals surface area contributed by atoms with Crippen LogP contribution in [0.15, 0.2) is 64.3 Å². The number of fused-ring (bicyclic) bond motifs is 2. The number of carboxylic acids is 1. The Morgan fingerprint density at radius 1 is 1.00 bits per heavy atom. The molecule has 178 valence electrons. The van der Waals surface area contributed by atoms with Gasteiger partial charge in [-0.3, -0.25) is 14.1 Å². The summed E-state index contributed by atoms with van der Waals surface area (Å²) < 4.78 is 35.0. The second-order valence-corrected chi connectivity index (χ2v) is 9.49. The van der Waals surface area contributed by atoms with E-state index in [1.165, 1.54) is 17.7 Å². The van der Waals surface area contributed by atoms with Crippen molar-refractivity contribution in [1.82, 2.24) is 4.57 Å². The summed E-state index contributed by atoms with van der Waals surface area (Å²) in [4.78, 5) is 37.2. The number of hydrogen-bond donors (Lipinski definition) is 3. The van der Waals surface area contributed by atoms with Crippen LogP contribution in [0.2, 0.25) is 0 Å². The third-order valence-corrected chi connectivity index (χ3v) is 7.01. The molecular formula is C25H15N3O7S. The lowest BCUT2D eigenvalue weighted by molar-refractivity contribution is 0.0696. The standard InChI is InChI=1S/C25H15N3O7S/c1-28-18-9-8-17(27-16-7-6-12(25(31)32)10-19(16)36(33,34)35)21-22(18)20(15(11-26)24(28)30)13-4-2-3-5-14(13)23(21)29/h2-10,27H,1H3,(H,31,32)(H,33,34,35). The molecule has 0 saturated heterocycles. The maximum Gasteiger partial charge on any atom is 0.335 e. The van der Waals surface area contributed by atoms with Crippen LogP contribution in [0, 0.1) is 11.3 Å². The first-order valence-electron chi connectivity index (χ1n) is 10.4. The maximum absolute atomic E-state index is 13.7. The van der Waals surface area contributed by atoms with Crippen LogP contribution in [0.25, 0.3) is 22.0 Å². The van der Waals surface area contributed by atoms with Gasteiger partial charge in [0, 0.05) is 23.6 Å². The number of carbonyl (C=O) groups excluding carboxylic acids is 1. The minimum absolute atomic E-state index is 0.0944. The van der Waals surface area contributed by atoms with Crippen molar-refractivity contribution in [3.63, 3.8) is 0 Å². The molecule has 10 nitrogen and oxygen atoms in total. The summed E-state index contributed by atoms with van der Waals surface area (Å²) in [6.07, 6.45) is 0. The molecule has 0 aliphatic heterocycles. The van der Waals surface area contributed by atoms with Gasteiger partial charge in [-0.15, -0.1) is 0 Å². The van der Waals surface area contributed by atoms with E-state index in [2.05, 4.69) is 5.32 Å². The van der Waals surface area contributed by atoms with Crippen molar-refractivity contribution in [2.24, 2.45) is 7.05 Å². The maximum atomic E-state index is 13.7. The van der Waals surface area contributed by atoms with Gasteiger partial charge in [-0.05, 0) is 35.9 Å². The van der Waals surface area contributed by atoms with Crippen LogP contribution < -0.4 is 10.9 Å². The number of pyridine rings is 1. The van der Waals surface area contributed by atoms with Crippen molar-refractivity contribution < 1.29 is 27.7 Å². The average molecular weight is 501 g/mol. The summed E-state index contributed by atoms with van der Waals surface area (Å²) in [6, 6.07) is 14.6. The number of anilines is 2. The van der Waals surface area contributed by atoms with Gasteiger partial charge in [-0.2, -0.15) is 13.7 Å². The quantitative estimate of drug-likeness (QED) is 0.313. The van der Waals surface area contributed by atoms with Crippen LogP contribution in [0.1, 0.15) is 31.8 Å². The van der Waals surface area contributed by atoms with Gasteiger partial charge < -0.3 is 15.0 Å². The largest absolute Gasteiger partial charge is 0.478 e. The molecule has 0 radical (unpaired) electrons. The zero-order valence-electron chi connectivity index (χ0n) is 18.4. The number of nitrogens with one attached hydrogen (secondary N) is 1. The van der Waals surface area contributed by atoms with E-state index in [-0.39, 0.29) is 33.6 Å². The minimum Gasteiger partial charge on any atom is -0.478 e. The van der Waals surface area contributed by atoms with Gasteiger partial charge in [-0.25, -0.2) is 4.79 Å². The van der Waals surface area contributed by atoms with E-state index in [4.69, 9.17) is 0 Å². The molecule has 3 N–H and O–H groups in total. The SMILES string of the molecule is Cn1c(=O)c(C#N)c2c3c(c(Nc4ccc(C(=O)O)cc4S(=O)(=O)O)ccc31)C(=O)c1ccccc1-2. The molecular weight excluding hydrogens is 486 g/mol. The van der Waals surface area contributed by atoms with Crippen LogP contribution in [-0.2, 0) is 17.2 Å². The van der Waals surface area contributed by atoms with Gasteiger partial charge in [0.2, 0.25) is 0 Å². The zero-order chi connectivity index (χ0) is 25.9. The number of benzene rings is 3. The molecule has 4 aromatic rings. The number of nitriles is 1. The van der Waals surface area contributed by atoms with E-state index in [1.54, 1.807) is 30.3 Å². The van der Waals surface area contributed by atoms with E-state index in [0.29, 0.717) is 22.0 Å². The fraction of sp³-hybridized carbons (Fsp3) is 0.0400. The molecule has 1 aromatic heterocycles. The molecule has 1 aliphatic carbocycles. The van der Waals surface area contributed by atoms with E-state index < -0.39 is 32.3 Å². The van der Waals surface area contributed by atoms with Crippen molar-refractivity contribution in [2.75, 3.05) is 5.32 Å². The highest BCUT2D eigenvalue weighted by molar-refractivity contribution is 7.86. The number of nitrogens with zero attached hydrogens (tertiary/aromatic N) is 2. The van der Waals surface area contributed by atoms with Crippen molar-refractivity contribution in [2.45, 2.75) is 4.90 Å². The highest BCUT2D eigenvalue weighted by Gasteiger charge is 2.32. The fourth-order valence-corrected chi connectivity index (χ4v) is 5.17. The number of aryl methyl sites for hydroxylation is 1. The van der Waals surface area contributed by atoms with Crippen LogP contribution in [-0.4, -0.2) is 34.4 Å². The van der Waals surface area contributed by atoms with Gasteiger partial charge in [-0.1, -0.05) is 24.3 Å². The first-order valence-corrected chi connectivity index (χ1v) is 11.8. The van der Waals surface area contributed by atoms with Crippen LogP contribution >= 0.6 is 0 Å². The number of aromatic carboxylic acids is 1. The van der Waals surface area contributed by atoms with Crippen molar-refractivity contribution in [3.05, 3.63) is 87.2 Å². The Morgan fingerprint density at radius 3 is 2.31 bits per heavy atom. The normalized spacial score (nSPS) is 12.2. The summed E-state index contributed by atoms with van der Waals surface area (Å²) in [5.41, 5.74) is 0.370. The molecule has 0 fully saturated rings. The lowest BCUT2D eigenvalue weighted by atomic mass is 9.81. The molecule has 5 rings (SSSR count). The molecule has 0 bridgehead atoms. The third-order valence-electron chi connectivity index (χ3n) is 6.12. The number of hydrogen-bond acceptors (Lipinski definition) is 7. The molecule has 0 atom stereocenters. The van der Waals surface area contributed by atoms with E-state index in [9.17, 15) is 37.7 Å². The monoisotopic (exact) mass is 501 g/mol. The zero-order valence-corrected chi connectivity index (χ0v) is 19.3. The van der Waals surface area contributed by atoms with Gasteiger partial charge in [0.25, 0.3) is 15.7 Å². The lowest BCUT2D eigenvalue weighted by Gasteiger charge is -2.24. The first kappa shape index (κ1) is 23.0. The Bertz CT molecular complexity index is 1880. The molecule has 0 amide bonds. The van der Waals surface area contributed by atoms with Gasteiger partial charge in [0.15, 0.2) is 5.78 Å². The van der Waals surface area contributed by atoms with Crippen LogP contribution in [0.4, 0.5) is 11.4 Å². The number of rotatable bonds is 4. The molecule has 0 unspecified atom stereocenters. The molecule has 0 spiro atoms. The summed E-state index contributed by atoms with van der Waals surface area (Å²) in [6.45, 7) is 0. The number of ketones is 1. The molecule has 1 aliphatic rings. The predicted octanol–water partition coefficient (Wildman–Crippen LogP) is 3.31. The Hall–Kier alpha value is -4.79. The summed E-state index contributed by atoms with van der Waals surface area (Å²) in [7, 11) is -3.37. The molecule has 1 heterocycles. The highest BCUT2D eigenvalue weighted by Crippen LogP contribution is 2.43. The van der Waals surface area contributed by atoms with Gasteiger partial charge >= 0.3 is 5.97 Å². The minimum atomic E-state index is -4.85. The topological polar surface area (TPSA) is 167 Å². The molecule has 36 heavy (non-hydrogen) atoms. The van der Waals surface area contributed by atoms with E-state index in [0.717, 1.165) is 18.2 Å². The fourth-order valence-electron chi connectivity index (χ4n) is 4.50. The highest BCUT2D eigenvalue weighted by atomic mass is 32.2. The van der Waals surface area contributed by atoms with E-state index >= 15 is 0 Å². The van der Waals surface area contributed by atoms with Gasteiger partial charge in [0.1, 0.15) is 16.5 Å². The Balaban J connectivity index is 1.86. The summed E-state index contributed by atoms with van der Waals surface area (Å²) >= 11 is 0. The second-order valence-electron chi connectivity index (χ2n) is 8.10. The average Bonchev–Trinajstić information content (AvgIpc) is 2.84. The van der Waals surface area contributed by atoms with Crippen molar-refractivity contribution in [3.8, 4) is 17.2 Å².